The Morgan fingerprint density at radius 2 is 1.96 bits per heavy atom. The van der Waals surface area contributed by atoms with E-state index in [1.807, 2.05) is 11.8 Å². The molecule has 28 heavy (non-hydrogen) atoms. The van der Waals surface area contributed by atoms with Crippen LogP contribution in [-0.2, 0) is 4.79 Å². The standard InChI is InChI=1S/C19H22FN5O3/c1-12-10-16(28-2)22-19(21-12)25-9-3-4-14(11-25)18(27)24-23-17(26)13-5-7-15(20)8-6-13/h5-8,10,14H,3-4,9,11H2,1-2H3,(H,23,26)(H,24,27). The number of nitrogens with one attached hydrogen (secondary N) is 2. The third-order valence-corrected chi connectivity index (χ3v) is 4.51. The van der Waals surface area contributed by atoms with Crippen LogP contribution in [0.5, 0.6) is 5.88 Å². The molecule has 0 radical (unpaired) electrons. The van der Waals surface area contributed by atoms with Gasteiger partial charge in [-0.05, 0) is 44.0 Å². The van der Waals surface area contributed by atoms with E-state index < -0.39 is 11.7 Å². The SMILES string of the molecule is COc1cc(C)nc(N2CCCC(C(=O)NNC(=O)c3ccc(F)cc3)C2)n1. The molecular formula is C19H22FN5O3. The maximum absolute atomic E-state index is 12.9. The molecule has 2 amide bonds. The molecule has 2 aromatic rings. The van der Waals surface area contributed by atoms with Crippen LogP contribution in [-0.4, -0.2) is 42.0 Å². The largest absolute Gasteiger partial charge is 0.481 e. The van der Waals surface area contributed by atoms with E-state index in [4.69, 9.17) is 4.74 Å². The number of hydrogen-bond acceptors (Lipinski definition) is 6. The van der Waals surface area contributed by atoms with Crippen LogP contribution in [0.1, 0.15) is 28.9 Å². The van der Waals surface area contributed by atoms with Crippen LogP contribution in [0.4, 0.5) is 10.3 Å². The van der Waals surface area contributed by atoms with Gasteiger partial charge < -0.3 is 9.64 Å². The summed E-state index contributed by atoms with van der Waals surface area (Å²) in [4.78, 5) is 35.2. The molecule has 0 aliphatic carbocycles. The molecule has 3 rings (SSSR count). The molecule has 1 unspecified atom stereocenters. The van der Waals surface area contributed by atoms with Gasteiger partial charge in [0.25, 0.3) is 5.91 Å². The molecule has 8 nitrogen and oxygen atoms in total. The summed E-state index contributed by atoms with van der Waals surface area (Å²) in [6.07, 6.45) is 1.49. The van der Waals surface area contributed by atoms with E-state index in [1.54, 1.807) is 13.2 Å². The first-order valence-electron chi connectivity index (χ1n) is 8.96. The minimum absolute atomic E-state index is 0.257. The summed E-state index contributed by atoms with van der Waals surface area (Å²) >= 11 is 0. The van der Waals surface area contributed by atoms with Crippen LogP contribution in [0, 0.1) is 18.7 Å². The quantitative estimate of drug-likeness (QED) is 0.774. The fourth-order valence-corrected chi connectivity index (χ4v) is 3.04. The van der Waals surface area contributed by atoms with Crippen LogP contribution in [0.25, 0.3) is 0 Å². The van der Waals surface area contributed by atoms with E-state index in [2.05, 4.69) is 20.8 Å². The molecule has 1 saturated heterocycles. The number of carbonyl (C=O) groups is 2. The molecule has 1 aromatic heterocycles. The Morgan fingerprint density at radius 1 is 1.21 bits per heavy atom. The molecule has 2 N–H and O–H groups in total. The molecule has 1 aliphatic heterocycles. The third-order valence-electron chi connectivity index (χ3n) is 4.51. The van der Waals surface area contributed by atoms with E-state index in [-0.39, 0.29) is 17.4 Å². The van der Waals surface area contributed by atoms with Crippen molar-refractivity contribution in [1.82, 2.24) is 20.8 Å². The normalized spacial score (nSPS) is 16.4. The van der Waals surface area contributed by atoms with Gasteiger partial charge in [-0.2, -0.15) is 4.98 Å². The zero-order valence-electron chi connectivity index (χ0n) is 15.7. The highest BCUT2D eigenvalue weighted by atomic mass is 19.1. The number of halogens is 1. The maximum Gasteiger partial charge on any atom is 0.269 e. The number of aryl methyl sites for hydroxylation is 1. The molecular weight excluding hydrogens is 365 g/mol. The highest BCUT2D eigenvalue weighted by molar-refractivity contribution is 5.95. The Bertz CT molecular complexity index is 859. The van der Waals surface area contributed by atoms with Gasteiger partial charge in [-0.1, -0.05) is 0 Å². The molecule has 1 aliphatic rings. The van der Waals surface area contributed by atoms with Gasteiger partial charge in [0, 0.05) is 30.4 Å². The van der Waals surface area contributed by atoms with E-state index in [9.17, 15) is 14.0 Å². The lowest BCUT2D eigenvalue weighted by Crippen LogP contribution is -2.49. The lowest BCUT2D eigenvalue weighted by molar-refractivity contribution is -0.126. The summed E-state index contributed by atoms with van der Waals surface area (Å²) in [5, 5.41) is 0. The lowest BCUT2D eigenvalue weighted by Gasteiger charge is -2.32. The summed E-state index contributed by atoms with van der Waals surface area (Å²) < 4.78 is 18.1. The second-order valence-electron chi connectivity index (χ2n) is 6.59. The first-order valence-corrected chi connectivity index (χ1v) is 8.96. The maximum atomic E-state index is 12.9. The van der Waals surface area contributed by atoms with Gasteiger partial charge in [-0.25, -0.2) is 9.37 Å². The van der Waals surface area contributed by atoms with Crippen molar-refractivity contribution in [3.63, 3.8) is 0 Å². The first kappa shape index (κ1) is 19.5. The fraction of sp³-hybridized carbons (Fsp3) is 0.368. The Balaban J connectivity index is 1.59. The van der Waals surface area contributed by atoms with Gasteiger partial charge in [-0.15, -0.1) is 0 Å². The number of rotatable bonds is 4. The molecule has 0 spiro atoms. The van der Waals surface area contributed by atoms with Gasteiger partial charge in [0.05, 0.1) is 13.0 Å². The average Bonchev–Trinajstić information content (AvgIpc) is 2.71. The smallest absolute Gasteiger partial charge is 0.269 e. The summed E-state index contributed by atoms with van der Waals surface area (Å²) in [7, 11) is 1.54. The number of piperidine rings is 1. The average molecular weight is 387 g/mol. The Labute approximate surface area is 162 Å². The van der Waals surface area contributed by atoms with Crippen molar-refractivity contribution in [3.8, 4) is 5.88 Å². The van der Waals surface area contributed by atoms with Crippen LogP contribution in [0.15, 0.2) is 30.3 Å². The summed E-state index contributed by atoms with van der Waals surface area (Å²) in [6, 6.07) is 6.81. The predicted octanol–water partition coefficient (Wildman–Crippen LogP) is 1.61. The number of hydrogen-bond donors (Lipinski definition) is 2. The highest BCUT2D eigenvalue weighted by Crippen LogP contribution is 2.22. The number of methoxy groups -OCH3 is 1. The topological polar surface area (TPSA) is 96.5 Å². The van der Waals surface area contributed by atoms with E-state index in [0.717, 1.165) is 18.7 Å². The number of hydrazine groups is 1. The van der Waals surface area contributed by atoms with Crippen molar-refractivity contribution >= 4 is 17.8 Å². The minimum Gasteiger partial charge on any atom is -0.481 e. The monoisotopic (exact) mass is 387 g/mol. The number of benzene rings is 1. The van der Waals surface area contributed by atoms with Gasteiger partial charge in [0.1, 0.15) is 5.82 Å². The van der Waals surface area contributed by atoms with Gasteiger partial charge in [0.2, 0.25) is 17.7 Å². The molecule has 1 fully saturated rings. The number of carbonyl (C=O) groups excluding carboxylic acids is 2. The number of nitrogens with zero attached hydrogens (tertiary/aromatic N) is 3. The van der Waals surface area contributed by atoms with Crippen molar-refractivity contribution < 1.29 is 18.7 Å². The van der Waals surface area contributed by atoms with Crippen molar-refractivity contribution in [2.75, 3.05) is 25.1 Å². The number of ether oxygens (including phenoxy) is 1. The van der Waals surface area contributed by atoms with Crippen LogP contribution in [0.3, 0.4) is 0 Å². The van der Waals surface area contributed by atoms with Gasteiger partial charge in [-0.3, -0.25) is 20.4 Å². The van der Waals surface area contributed by atoms with E-state index >= 15 is 0 Å². The van der Waals surface area contributed by atoms with Crippen LogP contribution in [0.2, 0.25) is 0 Å². The summed E-state index contributed by atoms with van der Waals surface area (Å²) in [6.45, 7) is 3.02. The van der Waals surface area contributed by atoms with Crippen molar-refractivity contribution in [3.05, 3.63) is 47.4 Å². The van der Waals surface area contributed by atoms with Gasteiger partial charge >= 0.3 is 0 Å². The Hall–Kier alpha value is -3.23. The zero-order chi connectivity index (χ0) is 20.1. The molecule has 1 aromatic carbocycles. The lowest BCUT2D eigenvalue weighted by atomic mass is 9.98. The molecule has 9 heteroatoms. The predicted molar refractivity (Wildman–Crippen MR) is 100 cm³/mol. The highest BCUT2D eigenvalue weighted by Gasteiger charge is 2.28. The number of anilines is 1. The van der Waals surface area contributed by atoms with E-state index in [1.165, 1.54) is 24.3 Å². The summed E-state index contributed by atoms with van der Waals surface area (Å²) in [5.74, 6) is -0.562. The number of amides is 2. The molecule has 2 heterocycles. The minimum atomic E-state index is -0.507. The number of aromatic nitrogens is 2. The van der Waals surface area contributed by atoms with Crippen molar-refractivity contribution in [1.29, 1.82) is 0 Å². The Morgan fingerprint density at radius 3 is 2.68 bits per heavy atom. The second-order valence-corrected chi connectivity index (χ2v) is 6.59. The Kier molecular flexibility index (Phi) is 6.03. The van der Waals surface area contributed by atoms with Crippen LogP contribution >= 0.6 is 0 Å². The fourth-order valence-electron chi connectivity index (χ4n) is 3.04. The molecule has 148 valence electrons. The van der Waals surface area contributed by atoms with Crippen molar-refractivity contribution in [2.24, 2.45) is 5.92 Å². The molecule has 0 bridgehead atoms. The first-order chi connectivity index (χ1) is 13.5. The molecule has 1 atom stereocenters. The molecule has 0 saturated carbocycles. The van der Waals surface area contributed by atoms with E-state index in [0.29, 0.717) is 24.8 Å². The second kappa shape index (κ2) is 8.64. The third kappa shape index (κ3) is 4.73. The summed E-state index contributed by atoms with van der Waals surface area (Å²) in [5.41, 5.74) is 5.85. The zero-order valence-corrected chi connectivity index (χ0v) is 15.7. The van der Waals surface area contributed by atoms with Crippen LogP contribution < -0.4 is 20.5 Å². The van der Waals surface area contributed by atoms with Gasteiger partial charge in [0.15, 0.2) is 0 Å². The van der Waals surface area contributed by atoms with Crippen molar-refractivity contribution in [2.45, 2.75) is 19.8 Å².